The molecule has 0 heterocycles. The van der Waals surface area contributed by atoms with Gasteiger partial charge in [0.1, 0.15) is 0 Å². The Kier molecular flexibility index (Phi) is 12.1. The van der Waals surface area contributed by atoms with Crippen LogP contribution in [0.4, 0.5) is 0 Å². The van der Waals surface area contributed by atoms with E-state index in [1.54, 1.807) is 0 Å². The van der Waals surface area contributed by atoms with Crippen LogP contribution in [0.3, 0.4) is 0 Å². The third-order valence-corrected chi connectivity index (χ3v) is 8.09. The standard InChI is InChI=1S/C14H27Ge/c1-4-7-10-11-14-15(12-8-5-2)13-9-6-3/h7,10-11,14H,4-6,8-9,12-13H2,1-3H3. The van der Waals surface area contributed by atoms with Crippen LogP contribution >= 0.6 is 0 Å². The number of rotatable bonds is 9. The van der Waals surface area contributed by atoms with Crippen molar-refractivity contribution in [3.63, 3.8) is 0 Å². The molecular weight excluding hydrogens is 241 g/mol. The Labute approximate surface area is 101 Å². The van der Waals surface area contributed by atoms with Gasteiger partial charge in [-0.25, -0.2) is 0 Å². The van der Waals surface area contributed by atoms with Crippen molar-refractivity contribution >= 4 is 14.3 Å². The molecule has 0 aliphatic heterocycles. The van der Waals surface area contributed by atoms with E-state index in [1.807, 2.05) is 0 Å². The molecule has 0 bridgehead atoms. The first-order valence-electron chi connectivity index (χ1n) is 6.53. The normalized spacial score (nSPS) is 12.3. The van der Waals surface area contributed by atoms with Gasteiger partial charge in [-0.2, -0.15) is 0 Å². The molecule has 0 spiro atoms. The van der Waals surface area contributed by atoms with Gasteiger partial charge in [0.2, 0.25) is 0 Å². The van der Waals surface area contributed by atoms with Gasteiger partial charge >= 0.3 is 101 Å². The maximum absolute atomic E-state index is 2.57. The number of hydrogen-bond acceptors (Lipinski definition) is 0. The third kappa shape index (κ3) is 10.3. The van der Waals surface area contributed by atoms with Crippen molar-refractivity contribution in [2.45, 2.75) is 63.4 Å². The topological polar surface area (TPSA) is 0 Å². The summed E-state index contributed by atoms with van der Waals surface area (Å²) in [5.74, 6) is 0. The van der Waals surface area contributed by atoms with Crippen LogP contribution in [0.2, 0.25) is 10.5 Å². The molecule has 0 aromatic rings. The fourth-order valence-corrected chi connectivity index (χ4v) is 6.92. The third-order valence-electron chi connectivity index (χ3n) is 2.52. The summed E-state index contributed by atoms with van der Waals surface area (Å²) in [7, 11) is 0. The summed E-state index contributed by atoms with van der Waals surface area (Å²) in [6.07, 6.45) is 13.6. The van der Waals surface area contributed by atoms with E-state index in [-0.39, 0.29) is 0 Å². The Bertz CT molecular complexity index is 162. The molecule has 0 aromatic carbocycles. The van der Waals surface area contributed by atoms with Crippen LogP contribution in [0.5, 0.6) is 0 Å². The molecule has 0 aromatic heterocycles. The number of allylic oxidation sites excluding steroid dienone is 3. The molecule has 87 valence electrons. The summed E-state index contributed by atoms with van der Waals surface area (Å²) in [6, 6.07) is 0. The molecule has 0 rings (SSSR count). The van der Waals surface area contributed by atoms with Crippen molar-refractivity contribution in [3.8, 4) is 0 Å². The molecule has 0 saturated heterocycles. The molecule has 0 nitrogen and oxygen atoms in total. The van der Waals surface area contributed by atoms with Crippen molar-refractivity contribution in [1.29, 1.82) is 0 Å². The van der Waals surface area contributed by atoms with E-state index in [1.165, 1.54) is 36.2 Å². The molecular formula is C14H27Ge. The van der Waals surface area contributed by atoms with Gasteiger partial charge in [0.05, 0.1) is 0 Å². The zero-order valence-electron chi connectivity index (χ0n) is 10.8. The molecule has 1 radical (unpaired) electrons. The van der Waals surface area contributed by atoms with Crippen LogP contribution in [0.1, 0.15) is 52.9 Å². The molecule has 0 N–H and O–H groups in total. The summed E-state index contributed by atoms with van der Waals surface area (Å²) in [6.45, 7) is 6.79. The van der Waals surface area contributed by atoms with Gasteiger partial charge in [0.25, 0.3) is 0 Å². The summed E-state index contributed by atoms with van der Waals surface area (Å²) < 4.78 is 0. The number of unbranched alkanes of at least 4 members (excludes halogenated alkanes) is 2. The summed E-state index contributed by atoms with van der Waals surface area (Å²) in [4.78, 5) is 2.57. The van der Waals surface area contributed by atoms with Crippen molar-refractivity contribution in [1.82, 2.24) is 0 Å². The van der Waals surface area contributed by atoms with E-state index in [0.717, 1.165) is 6.42 Å². The molecule has 0 fully saturated rings. The van der Waals surface area contributed by atoms with Gasteiger partial charge in [-0.05, 0) is 0 Å². The SMILES string of the molecule is CCC=CC=[CH][Ge]([CH2]CCC)[CH2]CCC. The van der Waals surface area contributed by atoms with Gasteiger partial charge in [0, 0.05) is 0 Å². The summed E-state index contributed by atoms with van der Waals surface area (Å²) in [5.41, 5.74) is 0. The molecule has 0 aliphatic carbocycles. The van der Waals surface area contributed by atoms with Crippen molar-refractivity contribution in [3.05, 3.63) is 23.1 Å². The maximum atomic E-state index is 2.57. The van der Waals surface area contributed by atoms with Gasteiger partial charge in [-0.15, -0.1) is 0 Å². The van der Waals surface area contributed by atoms with E-state index < -0.39 is 14.3 Å². The Morgan fingerprint density at radius 2 is 1.47 bits per heavy atom. The molecule has 0 saturated carbocycles. The first-order valence-corrected chi connectivity index (χ1v) is 10.7. The second-order valence-corrected chi connectivity index (χ2v) is 9.62. The van der Waals surface area contributed by atoms with Gasteiger partial charge < -0.3 is 0 Å². The number of hydrogen-bond donors (Lipinski definition) is 0. The molecule has 0 aliphatic rings. The Morgan fingerprint density at radius 1 is 0.867 bits per heavy atom. The Morgan fingerprint density at radius 3 is 1.93 bits per heavy atom. The molecule has 15 heavy (non-hydrogen) atoms. The van der Waals surface area contributed by atoms with Crippen LogP contribution in [0.15, 0.2) is 23.1 Å². The summed E-state index contributed by atoms with van der Waals surface area (Å²) in [5, 5.41) is 3.07. The van der Waals surface area contributed by atoms with Crippen LogP contribution in [0.25, 0.3) is 0 Å². The van der Waals surface area contributed by atoms with E-state index in [2.05, 4.69) is 43.9 Å². The van der Waals surface area contributed by atoms with E-state index in [9.17, 15) is 0 Å². The zero-order valence-corrected chi connectivity index (χ0v) is 12.9. The Balaban J connectivity index is 3.87. The van der Waals surface area contributed by atoms with E-state index >= 15 is 0 Å². The molecule has 0 atom stereocenters. The molecule has 0 unspecified atom stereocenters. The molecule has 0 amide bonds. The average molecular weight is 268 g/mol. The predicted molar refractivity (Wildman–Crippen MR) is 73.8 cm³/mol. The second-order valence-electron chi connectivity index (χ2n) is 4.06. The van der Waals surface area contributed by atoms with Crippen LogP contribution < -0.4 is 0 Å². The summed E-state index contributed by atoms with van der Waals surface area (Å²) >= 11 is -0.815. The van der Waals surface area contributed by atoms with Gasteiger partial charge in [-0.1, -0.05) is 0 Å². The van der Waals surface area contributed by atoms with E-state index in [0.29, 0.717) is 0 Å². The molecule has 1 heteroatoms. The van der Waals surface area contributed by atoms with Crippen LogP contribution in [-0.2, 0) is 0 Å². The van der Waals surface area contributed by atoms with Gasteiger partial charge in [0.15, 0.2) is 0 Å². The second kappa shape index (κ2) is 12.1. The first-order chi connectivity index (χ1) is 7.35. The van der Waals surface area contributed by atoms with Crippen LogP contribution in [0, 0.1) is 0 Å². The van der Waals surface area contributed by atoms with Crippen molar-refractivity contribution < 1.29 is 0 Å². The van der Waals surface area contributed by atoms with Crippen molar-refractivity contribution in [2.24, 2.45) is 0 Å². The van der Waals surface area contributed by atoms with Crippen molar-refractivity contribution in [2.75, 3.05) is 0 Å². The monoisotopic (exact) mass is 269 g/mol. The van der Waals surface area contributed by atoms with Crippen LogP contribution in [-0.4, -0.2) is 14.3 Å². The first kappa shape index (κ1) is 15.0. The minimum atomic E-state index is -0.815. The quantitative estimate of drug-likeness (QED) is 0.401. The average Bonchev–Trinajstić information content (AvgIpc) is 2.27. The zero-order chi connectivity index (χ0) is 11.4. The predicted octanol–water partition coefficient (Wildman–Crippen LogP) is 5.14. The van der Waals surface area contributed by atoms with E-state index in [4.69, 9.17) is 0 Å². The minimum absolute atomic E-state index is 0.815. The fraction of sp³-hybridized carbons (Fsp3) is 0.714. The Hall–Kier alpha value is 0.0229. The van der Waals surface area contributed by atoms with Gasteiger partial charge in [-0.3, -0.25) is 0 Å². The fourth-order valence-electron chi connectivity index (χ4n) is 1.51.